The molecule has 4 aliphatic carbocycles. The molecule has 3 N–H and O–H groups in total. The third kappa shape index (κ3) is 5.89. The molecule has 37 heavy (non-hydrogen) atoms. The lowest BCUT2D eigenvalue weighted by Crippen LogP contribution is -2.55. The van der Waals surface area contributed by atoms with E-state index in [1.54, 1.807) is 17.1 Å². The lowest BCUT2D eigenvalue weighted by atomic mass is 9.54. The molecule has 5 aliphatic rings. The van der Waals surface area contributed by atoms with E-state index in [1.165, 1.54) is 32.1 Å². The normalized spacial score (nSPS) is 29.7. The van der Waals surface area contributed by atoms with Gasteiger partial charge in [0.15, 0.2) is 0 Å². The van der Waals surface area contributed by atoms with Crippen LogP contribution in [-0.2, 0) is 4.79 Å². The maximum Gasteiger partial charge on any atom is 0.258 e. The number of hydrogen-bond donors (Lipinski definition) is 3. The highest BCUT2D eigenvalue weighted by atomic mass is 16.5. The van der Waals surface area contributed by atoms with Gasteiger partial charge in [-0.15, -0.1) is 0 Å². The van der Waals surface area contributed by atoms with Crippen LogP contribution >= 0.6 is 0 Å². The fraction of sp³-hybridized carbons (Fsp3) is 0.759. The summed E-state index contributed by atoms with van der Waals surface area (Å²) in [6.07, 6.45) is 13.5. The van der Waals surface area contributed by atoms with Crippen molar-refractivity contribution in [3.63, 3.8) is 0 Å². The van der Waals surface area contributed by atoms with Gasteiger partial charge < -0.3 is 20.7 Å². The number of amides is 2. The Kier molecular flexibility index (Phi) is 7.66. The molecule has 0 spiro atoms. The first kappa shape index (κ1) is 26.3. The summed E-state index contributed by atoms with van der Waals surface area (Å²) >= 11 is 0. The summed E-state index contributed by atoms with van der Waals surface area (Å²) in [5.74, 6) is 3.59. The maximum absolute atomic E-state index is 13.5. The summed E-state index contributed by atoms with van der Waals surface area (Å²) in [6, 6.07) is 0.464. The van der Waals surface area contributed by atoms with E-state index in [0.717, 1.165) is 37.8 Å². The highest BCUT2D eigenvalue weighted by Crippen LogP contribution is 2.53. The van der Waals surface area contributed by atoms with E-state index >= 15 is 0 Å². The Morgan fingerprint density at radius 2 is 1.76 bits per heavy atom. The molecule has 1 aromatic heterocycles. The molecule has 1 aromatic rings. The van der Waals surface area contributed by atoms with Crippen LogP contribution in [0.5, 0.6) is 5.88 Å². The average molecular weight is 512 g/mol. The van der Waals surface area contributed by atoms with E-state index in [9.17, 15) is 9.59 Å². The van der Waals surface area contributed by atoms with Gasteiger partial charge in [0.05, 0.1) is 18.2 Å². The molecular weight excluding hydrogens is 466 g/mol. The predicted octanol–water partition coefficient (Wildman–Crippen LogP) is 3.84. The van der Waals surface area contributed by atoms with E-state index in [0.29, 0.717) is 35.8 Å². The molecule has 1 aliphatic heterocycles. The lowest BCUT2D eigenvalue weighted by molar-refractivity contribution is -0.128. The smallest absolute Gasteiger partial charge is 0.258 e. The second-order valence-corrected chi connectivity index (χ2v) is 13.0. The summed E-state index contributed by atoms with van der Waals surface area (Å²) < 4.78 is 7.73. The molecule has 4 saturated carbocycles. The van der Waals surface area contributed by atoms with Crippen molar-refractivity contribution < 1.29 is 14.3 Å². The zero-order chi connectivity index (χ0) is 26.2. The van der Waals surface area contributed by atoms with Crippen LogP contribution in [0.25, 0.3) is 6.20 Å². The summed E-state index contributed by atoms with van der Waals surface area (Å²) in [5.41, 5.74) is -0.259. The van der Waals surface area contributed by atoms with E-state index < -0.39 is 5.41 Å². The molecule has 8 nitrogen and oxygen atoms in total. The van der Waals surface area contributed by atoms with Crippen molar-refractivity contribution in [1.82, 2.24) is 25.7 Å². The molecule has 8 heteroatoms. The molecular formula is C29H45N5O3. The van der Waals surface area contributed by atoms with Gasteiger partial charge >= 0.3 is 0 Å². The third-order valence-electron chi connectivity index (χ3n) is 8.96. The SMILES string of the molecule is CC(C)COc1c(C(=O)NC2C3CC4CC(C3)CC2C4)cnn1/C=C/C(C)(C)C(=O)NC1CCNCC1. The van der Waals surface area contributed by atoms with Gasteiger partial charge in [0.25, 0.3) is 5.91 Å². The van der Waals surface area contributed by atoms with Gasteiger partial charge in [-0.05, 0) is 101 Å². The molecule has 2 amide bonds. The van der Waals surface area contributed by atoms with Crippen molar-refractivity contribution in [3.05, 3.63) is 17.8 Å². The Hall–Kier alpha value is -2.35. The Morgan fingerprint density at radius 1 is 1.11 bits per heavy atom. The molecule has 0 aromatic carbocycles. The summed E-state index contributed by atoms with van der Waals surface area (Å²) in [4.78, 5) is 26.5. The Bertz CT molecular complexity index is 979. The van der Waals surface area contributed by atoms with Crippen molar-refractivity contribution in [2.24, 2.45) is 35.0 Å². The number of nitrogens with zero attached hydrogens (tertiary/aromatic N) is 2. The summed E-state index contributed by atoms with van der Waals surface area (Å²) in [7, 11) is 0. The monoisotopic (exact) mass is 511 g/mol. The highest BCUT2D eigenvalue weighted by molar-refractivity contribution is 5.96. The fourth-order valence-corrected chi connectivity index (χ4v) is 7.06. The van der Waals surface area contributed by atoms with Gasteiger partial charge in [-0.3, -0.25) is 9.59 Å². The first-order chi connectivity index (χ1) is 17.7. The number of piperidine rings is 1. The molecule has 2 heterocycles. The van der Waals surface area contributed by atoms with E-state index in [1.807, 2.05) is 19.9 Å². The maximum atomic E-state index is 13.5. The van der Waals surface area contributed by atoms with E-state index in [2.05, 4.69) is 34.9 Å². The zero-order valence-electron chi connectivity index (χ0n) is 23.0. The van der Waals surface area contributed by atoms with Crippen molar-refractivity contribution in [3.8, 4) is 5.88 Å². The molecule has 0 radical (unpaired) electrons. The predicted molar refractivity (Wildman–Crippen MR) is 144 cm³/mol. The molecule has 1 saturated heterocycles. The van der Waals surface area contributed by atoms with Crippen LogP contribution in [0.2, 0.25) is 0 Å². The molecule has 5 fully saturated rings. The van der Waals surface area contributed by atoms with Crippen LogP contribution in [0.4, 0.5) is 0 Å². The number of hydrogen-bond acceptors (Lipinski definition) is 5. The van der Waals surface area contributed by atoms with Crippen LogP contribution in [0.1, 0.15) is 83.0 Å². The average Bonchev–Trinajstić information content (AvgIpc) is 3.27. The van der Waals surface area contributed by atoms with E-state index in [4.69, 9.17) is 4.74 Å². The number of rotatable bonds is 9. The molecule has 6 rings (SSSR count). The first-order valence-corrected chi connectivity index (χ1v) is 14.4. The van der Waals surface area contributed by atoms with Gasteiger partial charge in [-0.2, -0.15) is 5.10 Å². The van der Waals surface area contributed by atoms with Crippen LogP contribution in [-0.4, -0.2) is 53.4 Å². The zero-order valence-corrected chi connectivity index (χ0v) is 23.0. The number of ether oxygens (including phenoxy) is 1. The first-order valence-electron chi connectivity index (χ1n) is 14.4. The molecule has 0 unspecified atom stereocenters. The van der Waals surface area contributed by atoms with Crippen molar-refractivity contribution in [2.45, 2.75) is 84.7 Å². The van der Waals surface area contributed by atoms with Crippen molar-refractivity contribution >= 4 is 18.0 Å². The third-order valence-corrected chi connectivity index (χ3v) is 8.96. The van der Waals surface area contributed by atoms with Crippen LogP contribution in [0.15, 0.2) is 12.3 Å². The van der Waals surface area contributed by atoms with Crippen LogP contribution in [0.3, 0.4) is 0 Å². The van der Waals surface area contributed by atoms with Crippen molar-refractivity contribution in [1.29, 1.82) is 0 Å². The number of carbonyl (C=O) groups is 2. The number of aromatic nitrogens is 2. The quantitative estimate of drug-likeness (QED) is 0.468. The van der Waals surface area contributed by atoms with Crippen molar-refractivity contribution in [2.75, 3.05) is 19.7 Å². The Labute approximate surface area is 221 Å². The second kappa shape index (κ2) is 10.8. The second-order valence-electron chi connectivity index (χ2n) is 13.0. The van der Waals surface area contributed by atoms with Crippen LogP contribution in [0, 0.1) is 35.0 Å². The Balaban J connectivity index is 1.29. The summed E-state index contributed by atoms with van der Waals surface area (Å²) in [5, 5.41) is 14.4. The molecule has 204 valence electrons. The number of carbonyl (C=O) groups excluding carboxylic acids is 2. The topological polar surface area (TPSA) is 97.3 Å². The number of nitrogens with one attached hydrogen (secondary N) is 3. The van der Waals surface area contributed by atoms with Gasteiger partial charge in [0, 0.05) is 18.3 Å². The minimum Gasteiger partial charge on any atom is -0.477 e. The van der Waals surface area contributed by atoms with Crippen LogP contribution < -0.4 is 20.7 Å². The minimum absolute atomic E-state index is 0.00712. The van der Waals surface area contributed by atoms with Gasteiger partial charge in [0.1, 0.15) is 5.56 Å². The highest BCUT2D eigenvalue weighted by Gasteiger charge is 2.48. The standard InChI is InChI=1S/C29H45N5O3/c1-18(2)17-37-27-24(26(35)33-25-21-12-19-11-20(14-21)15-22(25)13-19)16-31-34(27)10-7-29(3,4)28(36)32-23-5-8-30-9-6-23/h7,10,16,18-23,25,30H,5-6,8-9,11-15,17H2,1-4H3,(H,32,36)(H,33,35)/b10-7+. The largest absolute Gasteiger partial charge is 0.477 e. The van der Waals surface area contributed by atoms with E-state index in [-0.39, 0.29) is 23.9 Å². The molecule has 0 atom stereocenters. The fourth-order valence-electron chi connectivity index (χ4n) is 7.06. The van der Waals surface area contributed by atoms with Gasteiger partial charge in [-0.1, -0.05) is 19.9 Å². The molecule has 4 bridgehead atoms. The van der Waals surface area contributed by atoms with Gasteiger partial charge in [0.2, 0.25) is 11.8 Å². The lowest BCUT2D eigenvalue weighted by Gasteiger charge is -2.54. The minimum atomic E-state index is -0.727. The summed E-state index contributed by atoms with van der Waals surface area (Å²) in [6.45, 7) is 10.3. The van der Waals surface area contributed by atoms with Gasteiger partial charge in [-0.25, -0.2) is 4.68 Å². The Morgan fingerprint density at radius 3 is 2.38 bits per heavy atom.